The van der Waals surface area contributed by atoms with Crippen LogP contribution in [0.2, 0.25) is 0 Å². The summed E-state index contributed by atoms with van der Waals surface area (Å²) < 4.78 is 2.53. The lowest BCUT2D eigenvalue weighted by Crippen LogP contribution is -2.56. The minimum Gasteiger partial charge on any atom is -0.366 e. The number of aryl methyl sites for hydroxylation is 2. The number of aliphatic hydroxyl groups is 5. The molecule has 3 heterocycles. The van der Waals surface area contributed by atoms with Gasteiger partial charge in [-0.1, -0.05) is 18.2 Å². The van der Waals surface area contributed by atoms with E-state index in [1.807, 2.05) is 6.07 Å². The molecule has 0 aliphatic heterocycles. The Hall–Kier alpha value is -5.70. The summed E-state index contributed by atoms with van der Waals surface area (Å²) in [4.78, 5) is 41.9. The molecule has 0 saturated heterocycles. The summed E-state index contributed by atoms with van der Waals surface area (Å²) in [6.07, 6.45) is 0. The van der Waals surface area contributed by atoms with Crippen molar-refractivity contribution < 1.29 is 35.1 Å². The monoisotopic (exact) mass is 600 g/mol. The molecule has 0 fully saturated rings. The molecule has 0 aliphatic rings. The van der Waals surface area contributed by atoms with Crippen LogP contribution in [0.3, 0.4) is 0 Å². The molecule has 0 radical (unpaired) electrons. The highest BCUT2D eigenvalue weighted by molar-refractivity contribution is 6.12. The van der Waals surface area contributed by atoms with Crippen molar-refractivity contribution in [2.45, 2.75) is 18.8 Å². The van der Waals surface area contributed by atoms with Gasteiger partial charge in [0.1, 0.15) is 6.07 Å². The van der Waals surface area contributed by atoms with Crippen LogP contribution < -0.4 is 16.7 Å². The van der Waals surface area contributed by atoms with E-state index in [0.29, 0.717) is 10.3 Å². The minimum absolute atomic E-state index is 0.102. The fraction of sp³-hybridized carbons (Fsp3) is 0.143. The number of amides is 2. The van der Waals surface area contributed by atoms with Crippen LogP contribution >= 0.6 is 0 Å². The molecule has 5 aromatic rings. The van der Waals surface area contributed by atoms with Gasteiger partial charge in [0.15, 0.2) is 5.69 Å². The van der Waals surface area contributed by atoms with Gasteiger partial charge in [-0.25, -0.2) is 19.0 Å². The third-order valence-electron chi connectivity index (χ3n) is 6.73. The molecule has 5 rings (SSSR count). The number of benzene rings is 2. The number of primary amides is 1. The number of carbonyl (C=O) groups excluding carboxylic acids is 2. The molecule has 0 unspecified atom stereocenters. The summed E-state index contributed by atoms with van der Waals surface area (Å²) in [6, 6.07) is 16.1. The lowest BCUT2D eigenvalue weighted by atomic mass is 10.1. The second kappa shape index (κ2) is 10.5. The molecule has 44 heavy (non-hydrogen) atoms. The number of fused-ring (bicyclic) bond motifs is 1. The van der Waals surface area contributed by atoms with Gasteiger partial charge >= 0.3 is 17.6 Å². The summed E-state index contributed by atoms with van der Waals surface area (Å²) >= 11 is 0. The largest absolute Gasteiger partial charge is 0.366 e. The molecule has 0 saturated carbocycles. The molecule has 8 N–H and O–H groups in total. The third kappa shape index (κ3) is 4.98. The van der Waals surface area contributed by atoms with Crippen LogP contribution in [0, 0.1) is 18.3 Å². The Bertz CT molecular complexity index is 2060. The first-order valence-electron chi connectivity index (χ1n) is 12.7. The van der Waals surface area contributed by atoms with Crippen LogP contribution in [-0.2, 0) is 13.0 Å². The van der Waals surface area contributed by atoms with Crippen molar-refractivity contribution in [2.75, 3.05) is 5.32 Å². The number of nitrogens with one attached hydrogen (secondary N) is 1. The zero-order valence-corrected chi connectivity index (χ0v) is 23.0. The molecule has 2 aromatic carbocycles. The lowest BCUT2D eigenvalue weighted by molar-refractivity contribution is -0.479. The summed E-state index contributed by atoms with van der Waals surface area (Å²) in [5, 5.41) is 67.7. The summed E-state index contributed by atoms with van der Waals surface area (Å²) in [6.45, 7) is 1.56. The van der Waals surface area contributed by atoms with Gasteiger partial charge in [0.05, 0.1) is 16.9 Å². The van der Waals surface area contributed by atoms with Crippen molar-refractivity contribution in [3.05, 3.63) is 93.9 Å². The zero-order valence-electron chi connectivity index (χ0n) is 23.0. The van der Waals surface area contributed by atoms with Gasteiger partial charge in [0, 0.05) is 29.4 Å². The number of anilines is 1. The molecule has 3 aromatic heterocycles. The van der Waals surface area contributed by atoms with Gasteiger partial charge < -0.3 is 36.6 Å². The number of nitriles is 1. The average Bonchev–Trinajstić information content (AvgIpc) is 3.49. The molecule has 16 heteroatoms. The number of pyridine rings is 1. The molecular formula is C28H24N8O8. The van der Waals surface area contributed by atoms with Gasteiger partial charge in [0.25, 0.3) is 5.91 Å². The predicted octanol–water partition coefficient (Wildman–Crippen LogP) is -0.655. The fourth-order valence-corrected chi connectivity index (χ4v) is 4.71. The van der Waals surface area contributed by atoms with Crippen molar-refractivity contribution in [2.24, 2.45) is 12.8 Å². The van der Waals surface area contributed by atoms with Crippen molar-refractivity contribution in [3.63, 3.8) is 0 Å². The molecule has 0 atom stereocenters. The zero-order chi connectivity index (χ0) is 32.1. The first kappa shape index (κ1) is 29.8. The van der Waals surface area contributed by atoms with Crippen LogP contribution in [0.25, 0.3) is 27.8 Å². The fourth-order valence-electron chi connectivity index (χ4n) is 4.71. The smallest absolute Gasteiger partial charge is 0.355 e. The highest BCUT2D eigenvalue weighted by Gasteiger charge is 2.51. The molecule has 2 amide bonds. The van der Waals surface area contributed by atoms with E-state index in [0.717, 1.165) is 9.25 Å². The highest BCUT2D eigenvalue weighted by atomic mass is 16.7. The maximum Gasteiger partial charge on any atom is 0.355 e. The van der Waals surface area contributed by atoms with E-state index in [1.54, 1.807) is 6.92 Å². The van der Waals surface area contributed by atoms with Gasteiger partial charge in [-0.3, -0.25) is 14.2 Å². The number of nitrogens with zero attached hydrogens (tertiary/aromatic N) is 6. The van der Waals surface area contributed by atoms with Crippen molar-refractivity contribution in [1.29, 1.82) is 5.26 Å². The summed E-state index contributed by atoms with van der Waals surface area (Å²) in [7, 11) is 1.37. The molecule has 0 aliphatic carbocycles. The molecule has 16 nitrogen and oxygen atoms in total. The molecule has 224 valence electrons. The van der Waals surface area contributed by atoms with E-state index < -0.39 is 35.1 Å². The van der Waals surface area contributed by atoms with Crippen LogP contribution in [0.1, 0.15) is 32.4 Å². The summed E-state index contributed by atoms with van der Waals surface area (Å²) in [5.74, 6) is -9.82. The third-order valence-corrected chi connectivity index (χ3v) is 6.73. The normalized spacial score (nSPS) is 11.9. The number of hydrogen-bond acceptors (Lipinski definition) is 11. The highest BCUT2D eigenvalue weighted by Crippen LogP contribution is 2.37. The second-order valence-electron chi connectivity index (χ2n) is 9.81. The van der Waals surface area contributed by atoms with Crippen LogP contribution in [0.4, 0.5) is 5.69 Å². The Morgan fingerprint density at radius 3 is 2.32 bits per heavy atom. The molecule has 0 spiro atoms. The Kier molecular flexibility index (Phi) is 7.13. The van der Waals surface area contributed by atoms with Crippen LogP contribution in [-0.4, -0.2) is 67.2 Å². The molecule has 0 bridgehead atoms. The maximum atomic E-state index is 13.5. The predicted molar refractivity (Wildman–Crippen MR) is 152 cm³/mol. The van der Waals surface area contributed by atoms with E-state index in [4.69, 9.17) is 5.73 Å². The Labute approximate surface area is 246 Å². The van der Waals surface area contributed by atoms with Crippen LogP contribution in [0.15, 0.2) is 65.5 Å². The second-order valence-corrected chi connectivity index (χ2v) is 9.81. The van der Waals surface area contributed by atoms with E-state index in [1.165, 1.54) is 67.7 Å². The average molecular weight is 601 g/mol. The minimum atomic E-state index is -4.15. The van der Waals surface area contributed by atoms with E-state index >= 15 is 0 Å². The molecular weight excluding hydrogens is 576 g/mol. The number of nitrogens with two attached hydrogens (primary N) is 1. The maximum absolute atomic E-state index is 13.5. The lowest BCUT2D eigenvalue weighted by Gasteiger charge is -2.33. The van der Waals surface area contributed by atoms with Gasteiger partial charge in [-0.05, 0) is 55.0 Å². The number of hydrogen-bond donors (Lipinski definition) is 7. The van der Waals surface area contributed by atoms with Gasteiger partial charge in [-0.2, -0.15) is 5.26 Å². The topological polar surface area (TPSA) is 255 Å². The number of rotatable bonds is 7. The Morgan fingerprint density at radius 1 is 1.02 bits per heavy atom. The quantitative estimate of drug-likeness (QED) is 0.115. The standard InChI is InChI=1S/C28H24N8O8/c1-14-10-17-12-20(15-6-8-19(9-7-15)35-21(13-29)33-34(2)26(35)39)36(27(40,41)28(42,43)44)23(17)22(31-14)25(38)32-18-5-3-4-16(11-18)24(30)37/h3-12,40-44H,1-2H3,(H2,30,37)(H,32,38). The number of aromatic nitrogens is 5. The Morgan fingerprint density at radius 2 is 1.70 bits per heavy atom. The first-order valence-corrected chi connectivity index (χ1v) is 12.7. The Balaban J connectivity index is 1.71. The van der Waals surface area contributed by atoms with E-state index in [-0.39, 0.29) is 44.9 Å². The first-order chi connectivity index (χ1) is 20.6. The van der Waals surface area contributed by atoms with Crippen molar-refractivity contribution in [3.8, 4) is 23.0 Å². The van der Waals surface area contributed by atoms with Crippen molar-refractivity contribution >= 4 is 28.4 Å². The van der Waals surface area contributed by atoms with Crippen LogP contribution in [0.5, 0.6) is 0 Å². The van der Waals surface area contributed by atoms with Gasteiger partial charge in [0.2, 0.25) is 11.7 Å². The summed E-state index contributed by atoms with van der Waals surface area (Å²) in [5.41, 5.74) is 4.86. The van der Waals surface area contributed by atoms with Gasteiger partial charge in [-0.15, -0.1) is 5.10 Å². The van der Waals surface area contributed by atoms with E-state index in [9.17, 15) is 45.2 Å². The SMILES string of the molecule is Cc1cc2cc(-c3ccc(-n4c(C#N)nn(C)c4=O)cc3)n(C(O)(O)C(O)(O)O)c2c(C(=O)Nc2cccc(C(N)=O)c2)n1. The number of carbonyl (C=O) groups is 2. The van der Waals surface area contributed by atoms with E-state index in [2.05, 4.69) is 15.4 Å². The van der Waals surface area contributed by atoms with Crippen molar-refractivity contribution in [1.82, 2.24) is 23.9 Å².